The first kappa shape index (κ1) is 64.1. The Morgan fingerprint density at radius 3 is 0.414 bits per heavy atom. The van der Waals surface area contributed by atoms with Crippen LogP contribution in [0, 0.1) is 0 Å². The van der Waals surface area contributed by atoms with Gasteiger partial charge in [-0.2, -0.15) is 0 Å². The van der Waals surface area contributed by atoms with Crippen molar-refractivity contribution in [2.24, 2.45) is 0 Å². The van der Waals surface area contributed by atoms with Crippen molar-refractivity contribution in [1.82, 2.24) is 0 Å². The van der Waals surface area contributed by atoms with E-state index in [1.807, 2.05) is 0 Å². The molecule has 28 aromatic carbocycles. The van der Waals surface area contributed by atoms with Crippen LogP contribution in [-0.2, 0) is 20.2 Å². The molecule has 0 saturated heterocycles. The van der Waals surface area contributed by atoms with E-state index in [1.165, 1.54) is 0 Å². The van der Waals surface area contributed by atoms with Gasteiger partial charge in [-0.15, -0.1) is 0 Å². The fourth-order valence-corrected chi connectivity index (χ4v) is 69.1. The van der Waals surface area contributed by atoms with Gasteiger partial charge in [0.25, 0.3) is 0 Å². The molecule has 28 aromatic rings. The van der Waals surface area contributed by atoms with Crippen LogP contribution in [0.1, 0.15) is 150 Å². The summed E-state index contributed by atoms with van der Waals surface area (Å²) in [7, 11) is -15.4. The van der Waals surface area contributed by atoms with Crippen LogP contribution in [0.4, 0.5) is 0 Å². The summed E-state index contributed by atoms with van der Waals surface area (Å²) >= 11 is 0. The van der Waals surface area contributed by atoms with Crippen LogP contribution < -0.4 is 41.5 Å². The molecule has 12 aliphatic rings. The van der Waals surface area contributed by atoms with Crippen molar-refractivity contribution in [1.29, 1.82) is 0 Å². The fourth-order valence-electron chi connectivity index (χ4n) is 39.9. The highest BCUT2D eigenvalue weighted by Gasteiger charge is 2.86. The zero-order chi connectivity index (χ0) is 83.2. The highest BCUT2D eigenvalue weighted by Crippen LogP contribution is 2.94. The molecule has 0 saturated carbocycles. The molecule has 0 radical (unpaired) electrons. The third-order valence-electron chi connectivity index (χ3n) is 40.4. The fraction of sp³-hybridized carbons (Fsp3) is 0.161. The summed E-state index contributed by atoms with van der Waals surface area (Å²) in [5.41, 5.74) is 31.0. The first-order valence-corrected chi connectivity index (χ1v) is 55.8. The summed E-state index contributed by atoms with van der Waals surface area (Å²) in [6.45, 7) is 34.0. The second-order valence-corrected chi connectivity index (χ2v) is 66.5. The van der Waals surface area contributed by atoms with E-state index in [0.29, 0.717) is 0 Å². The lowest BCUT2D eigenvalue weighted by Crippen LogP contribution is -2.79. The van der Waals surface area contributed by atoms with Gasteiger partial charge in [-0.05, 0) is 325 Å². The van der Waals surface area contributed by atoms with Crippen molar-refractivity contribution in [3.8, 4) is 0 Å². The number of benzene rings is 20. The van der Waals surface area contributed by atoms with Crippen LogP contribution in [0.15, 0.2) is 243 Å². The van der Waals surface area contributed by atoms with E-state index in [-0.39, 0.29) is 20.2 Å². The van der Waals surface area contributed by atoms with Crippen molar-refractivity contribution in [3.05, 3.63) is 309 Å². The first-order valence-electron chi connectivity index (χ1n) is 47.8. The molecule has 4 heteroatoms. The minimum Gasteiger partial charge on any atom is -0.0625 e. The zero-order valence-electron chi connectivity index (χ0n) is 73.1. The lowest BCUT2D eigenvalue weighted by Gasteiger charge is -2.65. The standard InChI is InChI=1S/C124H76Si4/c1-117(2,3)125(53-37-21-13-22-38-53,54-39-23-14-24-40-54)121-105-87-73-65-66-68-62-64-71-75(69(62)73)91(105)99-93-79(71)84-82-78(64)90-86(68)88-74(66)70-61-63-72-76(70)92-100-94-80(72)83-81-77(63)89(85(87)67(61)65)107(121)95(81)101-103-97(83)110(94)124(128(120(10,11)12,59-49-33-19-34-50-59)60-51-35-20-36-52-60)114-102(96(82)108(90)122(106(88)92,112(100)114)126(118(4,5)6,55-41-25-15-26-42-55)56-43-27-16-28-44-56)104-98(84)109(93)123(113(101)111(99)121,115(103)116(104)124)127(119(7,8)9,57-45-29-17-30-46-57)58-47-31-18-32-48-58/h13-52H,1-12H3. The molecule has 0 bridgehead atoms. The van der Waals surface area contributed by atoms with Crippen LogP contribution in [0.3, 0.4) is 0 Å². The topological polar surface area (TPSA) is 0 Å². The molecule has 588 valence electrons. The van der Waals surface area contributed by atoms with Gasteiger partial charge < -0.3 is 0 Å². The van der Waals surface area contributed by atoms with Crippen molar-refractivity contribution in [2.45, 2.75) is 123 Å². The number of rotatable bonds is 12. The Morgan fingerprint density at radius 1 is 0.133 bits per heavy atom. The molecule has 0 fully saturated rings. The van der Waals surface area contributed by atoms with E-state index in [1.54, 1.807) is 346 Å². The first-order chi connectivity index (χ1) is 62.3. The van der Waals surface area contributed by atoms with Crippen LogP contribution in [0.2, 0.25) is 20.2 Å². The number of hydrogen-bond acceptors (Lipinski definition) is 0. The SMILES string of the molecule is CC(C)(C)[Si](c1ccccc1)(c1ccccc1)C12C3=C4c5c6c7c8c9c%10c%11c%12c%13c%14c%15c(c%16c3c3c%17c%18c%19c%20c%21c%22c%23c(c%24c1c5c1c7c9c5c(c%241)c%23c1c%21c7c%20c9c(c%13c%13c%15c%16c%17c%19c%139)c%11c7c%10c15)C(=C32)C%22%18[Si](c1ccccc1)(c1ccccc1)C(C)(C)C)C4([Si](c1ccccc1)(c1ccccc1)C(C)(C)C)C6=C%14C%128[Si](c1ccccc1)(c1ccccc1)C(C)(C)C. The van der Waals surface area contributed by atoms with Gasteiger partial charge in [0.2, 0.25) is 0 Å². The molecular formula is C124H76Si4. The van der Waals surface area contributed by atoms with Gasteiger partial charge in [-0.25, -0.2) is 0 Å². The third kappa shape index (κ3) is 4.64. The average molecular weight is 1680 g/mol. The van der Waals surface area contributed by atoms with Crippen molar-refractivity contribution < 1.29 is 0 Å². The molecule has 0 aromatic heterocycles. The number of hydrogen-bond donors (Lipinski definition) is 0. The minimum atomic E-state index is -3.95. The Labute approximate surface area is 738 Å². The van der Waals surface area contributed by atoms with Gasteiger partial charge >= 0.3 is 0 Å². The Hall–Kier alpha value is -12.7. The molecule has 0 spiro atoms. The number of allylic oxidation sites excluding steroid dienone is 6. The van der Waals surface area contributed by atoms with Gasteiger partial charge in [0, 0.05) is 0 Å². The van der Waals surface area contributed by atoms with E-state index in [4.69, 9.17) is 0 Å². The summed E-state index contributed by atoms with van der Waals surface area (Å²) in [4.78, 5) is 0. The smallest absolute Gasteiger partial charge is 0.0625 e. The molecule has 128 heavy (non-hydrogen) atoms. The Morgan fingerprint density at radius 2 is 0.250 bits per heavy atom. The average Bonchev–Trinajstić information content (AvgIpc) is 1.37. The molecule has 4 unspecified atom stereocenters. The van der Waals surface area contributed by atoms with E-state index in [0.717, 1.165) is 0 Å². The van der Waals surface area contributed by atoms with Crippen LogP contribution in [0.25, 0.3) is 238 Å². The predicted octanol–water partition coefficient (Wildman–Crippen LogP) is 26.4. The molecule has 12 aliphatic carbocycles. The summed E-state index contributed by atoms with van der Waals surface area (Å²) in [6, 6.07) is 103. The third-order valence-corrected chi connectivity index (χ3v) is 66.5. The molecule has 0 amide bonds. The minimum absolute atomic E-state index is 0.328. The summed E-state index contributed by atoms with van der Waals surface area (Å²) in [5, 5.41) is 70.6. The van der Waals surface area contributed by atoms with E-state index in [9.17, 15) is 0 Å². The molecule has 40 rings (SSSR count). The maximum absolute atomic E-state index is 3.95. The molecule has 4 atom stereocenters. The highest BCUT2D eigenvalue weighted by atomic mass is 28.3. The molecular weight excluding hydrogens is 1600 g/mol. The van der Waals surface area contributed by atoms with Gasteiger partial charge in [-0.1, -0.05) is 367 Å². The van der Waals surface area contributed by atoms with E-state index < -0.39 is 52.4 Å². The molecule has 0 nitrogen and oxygen atoms in total. The predicted molar refractivity (Wildman–Crippen MR) is 554 cm³/mol. The normalized spacial score (nSPS) is 21.6. The Balaban J connectivity index is 0.950. The van der Waals surface area contributed by atoms with Crippen LogP contribution in [-0.4, -0.2) is 32.3 Å². The quantitative estimate of drug-likeness (QED) is 0.0845. The Kier molecular flexibility index (Phi) is 8.67. The largest absolute Gasteiger partial charge is 0.142 e. The lowest BCUT2D eigenvalue weighted by atomic mass is 9.65. The monoisotopic (exact) mass is 1680 g/mol. The molecule has 0 N–H and O–H groups in total. The lowest BCUT2D eigenvalue weighted by molar-refractivity contribution is 0.690. The highest BCUT2D eigenvalue weighted by molar-refractivity contribution is 7.14. The van der Waals surface area contributed by atoms with Crippen LogP contribution >= 0.6 is 0 Å². The van der Waals surface area contributed by atoms with Crippen molar-refractivity contribution in [3.63, 3.8) is 0 Å². The second-order valence-electron chi connectivity index (χ2n) is 46.9. The zero-order valence-corrected chi connectivity index (χ0v) is 77.1. The summed E-state index contributed by atoms with van der Waals surface area (Å²) in [5.74, 6) is 0. The summed E-state index contributed by atoms with van der Waals surface area (Å²) < 4.78 is 0. The van der Waals surface area contributed by atoms with E-state index in [2.05, 4.69) is 326 Å². The van der Waals surface area contributed by atoms with Crippen molar-refractivity contribution in [2.75, 3.05) is 0 Å². The van der Waals surface area contributed by atoms with Crippen LogP contribution in [0.5, 0.6) is 0 Å². The van der Waals surface area contributed by atoms with Gasteiger partial charge in [-0.3, -0.25) is 0 Å². The van der Waals surface area contributed by atoms with Gasteiger partial charge in [0.15, 0.2) is 0 Å². The van der Waals surface area contributed by atoms with Gasteiger partial charge in [0.1, 0.15) is 32.3 Å². The second kappa shape index (κ2) is 17.3. The molecule has 0 heterocycles. The Bertz CT molecular complexity index is 9740. The maximum atomic E-state index is 2.85. The summed E-state index contributed by atoms with van der Waals surface area (Å²) in [6.07, 6.45) is 0. The maximum Gasteiger partial charge on any atom is 0.142 e. The van der Waals surface area contributed by atoms with Crippen molar-refractivity contribution >= 4 is 312 Å². The molecule has 0 aliphatic heterocycles. The van der Waals surface area contributed by atoms with E-state index >= 15 is 0 Å². The van der Waals surface area contributed by atoms with Gasteiger partial charge in [0.05, 0.1) is 20.2 Å².